The molecule has 0 aromatic rings. The van der Waals surface area contributed by atoms with Gasteiger partial charge in [0.05, 0.1) is 0 Å². The van der Waals surface area contributed by atoms with Gasteiger partial charge in [-0.15, -0.1) is 0 Å². The Hall–Kier alpha value is -0.890. The molecule has 0 aliphatic carbocycles. The molecule has 0 aromatic carbocycles. The van der Waals surface area contributed by atoms with E-state index in [0.29, 0.717) is 5.92 Å². The minimum absolute atomic E-state index is 0.613. The van der Waals surface area contributed by atoms with Gasteiger partial charge < -0.3 is 4.90 Å². The normalized spacial score (nSPS) is 21.3. The van der Waals surface area contributed by atoms with E-state index in [1.807, 2.05) is 19.9 Å². The fourth-order valence-electron chi connectivity index (χ4n) is 1.93. The number of allylic oxidation sites excluding steroid dienone is 1. The summed E-state index contributed by atoms with van der Waals surface area (Å²) in [5, 5.41) is 0. The summed E-state index contributed by atoms with van der Waals surface area (Å²) in [6.07, 6.45) is 6.26. The molecule has 0 N–H and O–H groups in total. The molecular formula is C14H26N2. The highest BCUT2D eigenvalue weighted by Crippen LogP contribution is 2.23. The fraction of sp³-hybridized carbons (Fsp3) is 0.643. The van der Waals surface area contributed by atoms with Gasteiger partial charge in [-0.25, -0.2) is 0 Å². The number of rotatable bonds is 4. The van der Waals surface area contributed by atoms with Gasteiger partial charge in [0.1, 0.15) is 0 Å². The third kappa shape index (κ3) is 5.26. The molecule has 1 aliphatic heterocycles. The predicted molar refractivity (Wildman–Crippen MR) is 74.0 cm³/mol. The Bertz CT molecular complexity index is 231. The standard InChI is InChI=1S/C12H20N2.C2H6/c1-4-14-9-5-6-12(10-14)11(2)7-8-13-3;1-2/h7-8,12H,2-6,9-10H2,1H3;1-2H3/b8-7-;. The van der Waals surface area contributed by atoms with Crippen LogP contribution in [-0.2, 0) is 0 Å². The maximum Gasteiger partial charge on any atom is 0.0263 e. The minimum atomic E-state index is 0.613. The molecular weight excluding hydrogens is 196 g/mol. The Balaban J connectivity index is 0.00000106. The molecule has 1 aliphatic rings. The average Bonchev–Trinajstić information content (AvgIpc) is 2.38. The number of hydrogen-bond acceptors (Lipinski definition) is 2. The van der Waals surface area contributed by atoms with Gasteiger partial charge >= 0.3 is 0 Å². The number of likely N-dealkylation sites (tertiary alicyclic amines) is 1. The van der Waals surface area contributed by atoms with Gasteiger partial charge in [0.2, 0.25) is 0 Å². The summed E-state index contributed by atoms with van der Waals surface area (Å²) in [6, 6.07) is 0. The van der Waals surface area contributed by atoms with Crippen LogP contribution < -0.4 is 0 Å². The van der Waals surface area contributed by atoms with Crippen molar-refractivity contribution in [2.45, 2.75) is 33.6 Å². The number of nitrogens with zero attached hydrogens (tertiary/aromatic N) is 2. The van der Waals surface area contributed by atoms with Gasteiger partial charge in [-0.2, -0.15) is 0 Å². The Morgan fingerprint density at radius 2 is 2.19 bits per heavy atom. The van der Waals surface area contributed by atoms with Crippen LogP contribution in [0, 0.1) is 5.92 Å². The van der Waals surface area contributed by atoms with Gasteiger partial charge in [-0.05, 0) is 50.2 Å². The zero-order valence-corrected chi connectivity index (χ0v) is 11.1. The molecule has 1 heterocycles. The van der Waals surface area contributed by atoms with Gasteiger partial charge in [0, 0.05) is 12.7 Å². The van der Waals surface area contributed by atoms with Gasteiger partial charge in [-0.3, -0.25) is 4.99 Å². The van der Waals surface area contributed by atoms with Crippen molar-refractivity contribution in [3.63, 3.8) is 0 Å². The molecule has 92 valence electrons. The smallest absolute Gasteiger partial charge is 0.0263 e. The summed E-state index contributed by atoms with van der Waals surface area (Å²) in [6.45, 7) is 17.3. The van der Waals surface area contributed by atoms with E-state index in [-0.39, 0.29) is 0 Å². The van der Waals surface area contributed by atoms with Crippen LogP contribution in [-0.4, -0.2) is 31.3 Å². The first-order valence-corrected chi connectivity index (χ1v) is 6.31. The number of aliphatic imine (C=N–C) groups is 1. The van der Waals surface area contributed by atoms with E-state index in [2.05, 4.69) is 30.1 Å². The van der Waals surface area contributed by atoms with Crippen molar-refractivity contribution in [1.82, 2.24) is 4.90 Å². The molecule has 2 heteroatoms. The zero-order chi connectivity index (χ0) is 12.4. The lowest BCUT2D eigenvalue weighted by molar-refractivity contribution is 0.202. The summed E-state index contributed by atoms with van der Waals surface area (Å²) >= 11 is 0. The van der Waals surface area contributed by atoms with Crippen molar-refractivity contribution in [2.75, 3.05) is 19.6 Å². The molecule has 16 heavy (non-hydrogen) atoms. The van der Waals surface area contributed by atoms with Crippen LogP contribution in [0.25, 0.3) is 0 Å². The molecule has 1 saturated heterocycles. The molecule has 0 spiro atoms. The summed E-state index contributed by atoms with van der Waals surface area (Å²) in [5.41, 5.74) is 1.19. The highest BCUT2D eigenvalue weighted by Gasteiger charge is 2.19. The molecule has 1 atom stereocenters. The van der Waals surface area contributed by atoms with E-state index < -0.39 is 0 Å². The van der Waals surface area contributed by atoms with E-state index in [1.54, 1.807) is 6.20 Å². The van der Waals surface area contributed by atoms with Crippen LogP contribution in [0.4, 0.5) is 0 Å². The van der Waals surface area contributed by atoms with Crippen LogP contribution in [0.2, 0.25) is 0 Å². The van der Waals surface area contributed by atoms with E-state index in [0.717, 1.165) is 13.1 Å². The molecule has 2 nitrogen and oxygen atoms in total. The lowest BCUT2D eigenvalue weighted by Crippen LogP contribution is -2.35. The monoisotopic (exact) mass is 222 g/mol. The van der Waals surface area contributed by atoms with E-state index in [4.69, 9.17) is 0 Å². The van der Waals surface area contributed by atoms with Gasteiger partial charge in [-0.1, -0.05) is 27.4 Å². The highest BCUT2D eigenvalue weighted by atomic mass is 15.1. The Kier molecular flexibility index (Phi) is 8.82. The summed E-state index contributed by atoms with van der Waals surface area (Å²) in [5.74, 6) is 0.613. The average molecular weight is 222 g/mol. The first-order valence-electron chi connectivity index (χ1n) is 6.31. The molecule has 0 saturated carbocycles. The van der Waals surface area contributed by atoms with Crippen molar-refractivity contribution >= 4 is 6.72 Å². The van der Waals surface area contributed by atoms with Gasteiger partial charge in [0.15, 0.2) is 0 Å². The van der Waals surface area contributed by atoms with Crippen LogP contribution in [0.3, 0.4) is 0 Å². The first kappa shape index (κ1) is 15.1. The third-order valence-corrected chi connectivity index (χ3v) is 2.87. The predicted octanol–water partition coefficient (Wildman–Crippen LogP) is 3.52. The molecule has 1 rings (SSSR count). The van der Waals surface area contributed by atoms with Crippen molar-refractivity contribution in [3.05, 3.63) is 24.4 Å². The van der Waals surface area contributed by atoms with Crippen LogP contribution >= 0.6 is 0 Å². The molecule has 0 bridgehead atoms. The first-order chi connectivity index (χ1) is 7.77. The second-order valence-corrected chi connectivity index (χ2v) is 3.81. The van der Waals surface area contributed by atoms with Crippen molar-refractivity contribution in [1.29, 1.82) is 0 Å². The Labute approximate surface area is 101 Å². The summed E-state index contributed by atoms with van der Waals surface area (Å²) in [7, 11) is 0. The van der Waals surface area contributed by atoms with Crippen molar-refractivity contribution < 1.29 is 0 Å². The van der Waals surface area contributed by atoms with Crippen LogP contribution in [0.1, 0.15) is 33.6 Å². The van der Waals surface area contributed by atoms with E-state index in [1.165, 1.54) is 25.0 Å². The Morgan fingerprint density at radius 3 is 2.75 bits per heavy atom. The topological polar surface area (TPSA) is 15.6 Å². The molecule has 1 fully saturated rings. The lowest BCUT2D eigenvalue weighted by atomic mass is 9.91. The van der Waals surface area contributed by atoms with Crippen LogP contribution in [0.15, 0.2) is 29.4 Å². The maximum absolute atomic E-state index is 4.08. The van der Waals surface area contributed by atoms with E-state index in [9.17, 15) is 0 Å². The fourth-order valence-corrected chi connectivity index (χ4v) is 1.93. The minimum Gasteiger partial charge on any atom is -0.303 e. The quantitative estimate of drug-likeness (QED) is 0.525. The molecule has 1 unspecified atom stereocenters. The lowest BCUT2D eigenvalue weighted by Gasteiger charge is -2.32. The second-order valence-electron chi connectivity index (χ2n) is 3.81. The summed E-state index contributed by atoms with van der Waals surface area (Å²) in [4.78, 5) is 6.19. The number of piperidine rings is 1. The number of hydrogen-bond donors (Lipinski definition) is 0. The largest absolute Gasteiger partial charge is 0.303 e. The highest BCUT2D eigenvalue weighted by molar-refractivity contribution is 5.28. The van der Waals surface area contributed by atoms with Crippen molar-refractivity contribution in [3.8, 4) is 0 Å². The van der Waals surface area contributed by atoms with E-state index >= 15 is 0 Å². The van der Waals surface area contributed by atoms with Gasteiger partial charge in [0.25, 0.3) is 0 Å². The SMILES string of the molecule is C=N/C=C\C(=C)C1CCCN(CC)C1.CC. The maximum atomic E-state index is 4.08. The molecule has 0 aromatic heterocycles. The third-order valence-electron chi connectivity index (χ3n) is 2.87. The molecule has 0 radical (unpaired) electrons. The summed E-state index contributed by atoms with van der Waals surface area (Å²) < 4.78 is 0. The molecule has 0 amide bonds. The van der Waals surface area contributed by atoms with Crippen LogP contribution in [0.5, 0.6) is 0 Å². The van der Waals surface area contributed by atoms with Crippen molar-refractivity contribution in [2.24, 2.45) is 10.9 Å². The second kappa shape index (κ2) is 9.34. The zero-order valence-electron chi connectivity index (χ0n) is 11.1. The Morgan fingerprint density at radius 1 is 1.50 bits per heavy atom.